The molecule has 4 aromatic rings. The van der Waals surface area contributed by atoms with Crippen LogP contribution in [0, 0.1) is 11.3 Å². The average molecular weight is 499 g/mol. The van der Waals surface area contributed by atoms with E-state index < -0.39 is 0 Å². The molecule has 0 amide bonds. The minimum absolute atomic E-state index is 0.0594. The van der Waals surface area contributed by atoms with Crippen LogP contribution in [-0.4, -0.2) is 20.5 Å². The first-order valence-corrected chi connectivity index (χ1v) is 13.5. The van der Waals surface area contributed by atoms with Crippen molar-refractivity contribution in [1.29, 1.82) is 0 Å². The molecular weight excluding hydrogens is 472 g/mol. The number of thioether (sulfide) groups is 1. The summed E-state index contributed by atoms with van der Waals surface area (Å²) in [7, 11) is 0. The van der Waals surface area contributed by atoms with E-state index in [1.807, 2.05) is 22.9 Å². The molecule has 6 rings (SSSR count). The SMILES string of the molecule is CC1(C)C=C2Nc3nc(SC(c4ccccc4)c4ccccc4)nn3[C@H](c3cccs3)[C@H]2C(=O)C1. The number of nitrogens with one attached hydrogen (secondary N) is 1. The van der Waals surface area contributed by atoms with E-state index in [2.05, 4.69) is 85.2 Å². The Labute approximate surface area is 213 Å². The zero-order chi connectivity index (χ0) is 24.0. The second-order valence-electron chi connectivity index (χ2n) is 9.78. The summed E-state index contributed by atoms with van der Waals surface area (Å²) in [5.74, 6) is 0.673. The Balaban J connectivity index is 1.43. The summed E-state index contributed by atoms with van der Waals surface area (Å²) in [5, 5.41) is 11.3. The molecule has 1 aliphatic carbocycles. The lowest BCUT2D eigenvalue weighted by Gasteiger charge is -2.39. The van der Waals surface area contributed by atoms with E-state index in [0.717, 1.165) is 10.6 Å². The number of carbonyl (C=O) groups is 1. The van der Waals surface area contributed by atoms with Crippen LogP contribution in [0.1, 0.15) is 47.6 Å². The maximum Gasteiger partial charge on any atom is 0.227 e. The summed E-state index contributed by atoms with van der Waals surface area (Å²) in [6, 6.07) is 24.9. The van der Waals surface area contributed by atoms with Crippen LogP contribution < -0.4 is 5.32 Å². The van der Waals surface area contributed by atoms with Gasteiger partial charge in [-0.3, -0.25) is 4.79 Å². The van der Waals surface area contributed by atoms with Gasteiger partial charge in [0, 0.05) is 17.0 Å². The van der Waals surface area contributed by atoms with Crippen LogP contribution in [0.5, 0.6) is 0 Å². The van der Waals surface area contributed by atoms with Crippen LogP contribution in [0.25, 0.3) is 0 Å². The molecule has 0 fully saturated rings. The normalized spacial score (nSPS) is 20.7. The number of fused-ring (bicyclic) bond motifs is 2. The first kappa shape index (κ1) is 22.3. The van der Waals surface area contributed by atoms with Gasteiger partial charge in [0.1, 0.15) is 11.8 Å². The van der Waals surface area contributed by atoms with Gasteiger partial charge in [0.25, 0.3) is 0 Å². The molecule has 35 heavy (non-hydrogen) atoms. The van der Waals surface area contributed by atoms with Crippen molar-refractivity contribution in [3.8, 4) is 0 Å². The van der Waals surface area contributed by atoms with E-state index in [0.29, 0.717) is 17.5 Å². The zero-order valence-electron chi connectivity index (χ0n) is 19.6. The molecule has 5 nitrogen and oxygen atoms in total. The molecule has 1 aliphatic heterocycles. The Kier molecular flexibility index (Phi) is 5.61. The molecule has 0 unspecified atom stereocenters. The third kappa shape index (κ3) is 4.23. The van der Waals surface area contributed by atoms with Crippen molar-refractivity contribution in [2.24, 2.45) is 11.3 Å². The van der Waals surface area contributed by atoms with Crippen molar-refractivity contribution in [1.82, 2.24) is 14.8 Å². The Morgan fingerprint density at radius 2 is 1.71 bits per heavy atom. The van der Waals surface area contributed by atoms with Crippen molar-refractivity contribution in [2.75, 3.05) is 5.32 Å². The highest BCUT2D eigenvalue weighted by molar-refractivity contribution is 7.99. The maximum absolute atomic E-state index is 13.4. The fourth-order valence-electron chi connectivity index (χ4n) is 5.09. The zero-order valence-corrected chi connectivity index (χ0v) is 21.2. The quantitative estimate of drug-likeness (QED) is 0.309. The van der Waals surface area contributed by atoms with E-state index in [1.165, 1.54) is 11.1 Å². The largest absolute Gasteiger partial charge is 0.328 e. The van der Waals surface area contributed by atoms with Crippen molar-refractivity contribution in [3.05, 3.63) is 106 Å². The fourth-order valence-corrected chi connectivity index (χ4v) is 7.01. The highest BCUT2D eigenvalue weighted by Gasteiger charge is 2.45. The van der Waals surface area contributed by atoms with Gasteiger partial charge < -0.3 is 5.32 Å². The number of allylic oxidation sites excluding steroid dienone is 2. The van der Waals surface area contributed by atoms with Crippen LogP contribution in [0.2, 0.25) is 0 Å². The molecule has 0 saturated carbocycles. The van der Waals surface area contributed by atoms with Gasteiger partial charge in [-0.15, -0.1) is 16.4 Å². The molecule has 1 N–H and O–H groups in total. The number of aromatic nitrogens is 3. The molecule has 2 aromatic heterocycles. The summed E-state index contributed by atoms with van der Waals surface area (Å²) in [5.41, 5.74) is 3.17. The van der Waals surface area contributed by atoms with E-state index in [4.69, 9.17) is 10.1 Å². The van der Waals surface area contributed by atoms with Gasteiger partial charge in [0.15, 0.2) is 0 Å². The number of thiophene rings is 1. The van der Waals surface area contributed by atoms with E-state index >= 15 is 0 Å². The lowest BCUT2D eigenvalue weighted by atomic mass is 9.73. The first-order valence-electron chi connectivity index (χ1n) is 11.8. The molecule has 7 heteroatoms. The molecule has 0 saturated heterocycles. The molecule has 176 valence electrons. The van der Waals surface area contributed by atoms with Crippen LogP contribution in [-0.2, 0) is 4.79 Å². The number of ketones is 1. The van der Waals surface area contributed by atoms with Crippen LogP contribution >= 0.6 is 23.1 Å². The molecular formula is C28H26N4OS2. The maximum atomic E-state index is 13.4. The monoisotopic (exact) mass is 498 g/mol. The van der Waals surface area contributed by atoms with Gasteiger partial charge in [-0.2, -0.15) is 4.98 Å². The minimum atomic E-state index is -0.271. The number of benzene rings is 2. The molecule has 0 spiro atoms. The number of anilines is 1. The first-order chi connectivity index (χ1) is 17.0. The summed E-state index contributed by atoms with van der Waals surface area (Å²) in [6.07, 6.45) is 2.74. The van der Waals surface area contributed by atoms with Gasteiger partial charge in [-0.05, 0) is 28.0 Å². The molecule has 2 aromatic carbocycles. The van der Waals surface area contributed by atoms with Crippen LogP contribution in [0.4, 0.5) is 5.95 Å². The molecule has 0 radical (unpaired) electrons. The number of hydrogen-bond donors (Lipinski definition) is 1. The van der Waals surface area contributed by atoms with E-state index in [9.17, 15) is 4.79 Å². The van der Waals surface area contributed by atoms with E-state index in [-0.39, 0.29) is 28.4 Å². The summed E-state index contributed by atoms with van der Waals surface area (Å²) >= 11 is 3.30. The average Bonchev–Trinajstić information content (AvgIpc) is 3.51. The van der Waals surface area contributed by atoms with Gasteiger partial charge in [0.2, 0.25) is 11.1 Å². The van der Waals surface area contributed by atoms with Gasteiger partial charge in [0.05, 0.1) is 11.2 Å². The third-order valence-electron chi connectivity index (χ3n) is 6.57. The number of carbonyl (C=O) groups excluding carboxylic acids is 1. The minimum Gasteiger partial charge on any atom is -0.328 e. The molecule has 2 atom stereocenters. The standard InChI is InChI=1S/C28H26N4OS2/c1-28(2)16-20-23(21(33)17-28)24(22-14-9-15-34-22)32-26(29-20)30-27(31-32)35-25(18-10-5-3-6-11-18)19-12-7-4-8-13-19/h3-16,23-25H,17H2,1-2H3,(H,29,30,31)/t23-,24-/m1/s1. The Morgan fingerprint density at radius 1 is 1.03 bits per heavy atom. The molecule has 0 bridgehead atoms. The Morgan fingerprint density at radius 3 is 2.34 bits per heavy atom. The van der Waals surface area contributed by atoms with Gasteiger partial charge in [-0.25, -0.2) is 4.68 Å². The summed E-state index contributed by atoms with van der Waals surface area (Å²) in [4.78, 5) is 19.4. The third-order valence-corrected chi connectivity index (χ3v) is 8.67. The second kappa shape index (κ2) is 8.81. The van der Waals surface area contributed by atoms with Crippen molar-refractivity contribution >= 4 is 34.8 Å². The van der Waals surface area contributed by atoms with Crippen molar-refractivity contribution in [2.45, 2.75) is 36.7 Å². The number of hydrogen-bond acceptors (Lipinski definition) is 6. The predicted molar refractivity (Wildman–Crippen MR) is 142 cm³/mol. The topological polar surface area (TPSA) is 59.8 Å². The molecule has 3 heterocycles. The second-order valence-corrected chi connectivity index (χ2v) is 11.8. The molecule has 2 aliphatic rings. The van der Waals surface area contributed by atoms with Crippen LogP contribution in [0.15, 0.2) is 95.1 Å². The van der Waals surface area contributed by atoms with Gasteiger partial charge in [-0.1, -0.05) is 98.4 Å². The van der Waals surface area contributed by atoms with Gasteiger partial charge >= 0.3 is 0 Å². The number of Topliss-reactive ketones (excluding diaryl/α,β-unsaturated/α-hetero) is 1. The summed E-state index contributed by atoms with van der Waals surface area (Å²) < 4.78 is 1.93. The summed E-state index contributed by atoms with van der Waals surface area (Å²) in [6.45, 7) is 4.22. The highest BCUT2D eigenvalue weighted by atomic mass is 32.2. The van der Waals surface area contributed by atoms with E-state index in [1.54, 1.807) is 23.1 Å². The highest BCUT2D eigenvalue weighted by Crippen LogP contribution is 2.47. The number of nitrogens with zero attached hydrogens (tertiary/aromatic N) is 3. The number of rotatable bonds is 5. The lowest BCUT2D eigenvalue weighted by molar-refractivity contribution is -0.125. The predicted octanol–water partition coefficient (Wildman–Crippen LogP) is 6.74. The Bertz CT molecular complexity index is 1340. The van der Waals surface area contributed by atoms with Crippen molar-refractivity contribution < 1.29 is 4.79 Å². The van der Waals surface area contributed by atoms with Crippen LogP contribution in [0.3, 0.4) is 0 Å². The Hall–Kier alpha value is -3.16. The van der Waals surface area contributed by atoms with Crippen molar-refractivity contribution in [3.63, 3.8) is 0 Å². The smallest absolute Gasteiger partial charge is 0.227 e. The lowest BCUT2D eigenvalue weighted by Crippen LogP contribution is -2.41. The fraction of sp³-hybridized carbons (Fsp3) is 0.250.